The molecule has 0 aliphatic heterocycles. The number of alkyl halides is 3. The van der Waals surface area contributed by atoms with Crippen LogP contribution in [0.15, 0.2) is 77.7 Å². The number of rotatable bonds is 12. The SMILES string of the molecule is CCC(C)NC(=O)C(CC)N(Cc1cccc(C)c1)C(=O)CN(c1cccc(C(F)(F)F)c1)S(=O)(=O)c1ccc(C)cc1. The molecule has 2 unspecified atom stereocenters. The number of anilines is 1. The molecule has 2 amide bonds. The minimum Gasteiger partial charge on any atom is -0.352 e. The molecule has 0 radical (unpaired) electrons. The third kappa shape index (κ3) is 8.59. The lowest BCUT2D eigenvalue weighted by Crippen LogP contribution is -2.53. The van der Waals surface area contributed by atoms with Gasteiger partial charge in [0.1, 0.15) is 12.6 Å². The van der Waals surface area contributed by atoms with Crippen LogP contribution in [-0.2, 0) is 32.3 Å². The Balaban J connectivity index is 2.12. The van der Waals surface area contributed by atoms with Crippen LogP contribution in [0.2, 0.25) is 0 Å². The van der Waals surface area contributed by atoms with Crippen molar-refractivity contribution in [3.63, 3.8) is 0 Å². The second-order valence-electron chi connectivity index (χ2n) is 10.6. The first kappa shape index (κ1) is 33.6. The van der Waals surface area contributed by atoms with E-state index in [4.69, 9.17) is 0 Å². The molecular weight excluding hydrogens is 579 g/mol. The summed E-state index contributed by atoms with van der Waals surface area (Å²) in [7, 11) is -4.50. The Morgan fingerprint density at radius 1 is 0.884 bits per heavy atom. The molecule has 0 saturated carbocycles. The molecule has 3 aromatic carbocycles. The standard InChI is InChI=1S/C32H38F3N3O4S/c1-6-24(5)36-31(40)29(7-2)37(20-25-11-8-10-23(4)18-25)30(39)21-38(27-13-9-12-26(19-27)32(33,34)35)43(41,42)28-16-14-22(3)15-17-28/h8-19,24,29H,6-7,20-21H2,1-5H3,(H,36,40). The number of carbonyl (C=O) groups excluding carboxylic acids is 2. The first-order valence-electron chi connectivity index (χ1n) is 14.1. The second kappa shape index (κ2) is 14.1. The van der Waals surface area contributed by atoms with E-state index in [1.54, 1.807) is 32.0 Å². The zero-order valence-corrected chi connectivity index (χ0v) is 25.8. The molecule has 0 saturated heterocycles. The Hall–Kier alpha value is -3.86. The minimum absolute atomic E-state index is 0.00600. The van der Waals surface area contributed by atoms with Crippen LogP contribution in [-0.4, -0.2) is 43.8 Å². The van der Waals surface area contributed by atoms with Gasteiger partial charge in [0.15, 0.2) is 0 Å². The Bertz CT molecular complexity index is 1530. The zero-order chi connectivity index (χ0) is 31.9. The van der Waals surface area contributed by atoms with Crippen molar-refractivity contribution in [1.29, 1.82) is 0 Å². The summed E-state index contributed by atoms with van der Waals surface area (Å²) in [6.45, 7) is 8.30. The van der Waals surface area contributed by atoms with Gasteiger partial charge in [-0.15, -0.1) is 0 Å². The highest BCUT2D eigenvalue weighted by Gasteiger charge is 2.36. The molecule has 232 valence electrons. The van der Waals surface area contributed by atoms with Crippen molar-refractivity contribution in [3.05, 3.63) is 95.1 Å². The van der Waals surface area contributed by atoms with E-state index in [0.29, 0.717) is 16.8 Å². The van der Waals surface area contributed by atoms with Crippen molar-refractivity contribution in [1.82, 2.24) is 10.2 Å². The number of hydrogen-bond acceptors (Lipinski definition) is 4. The van der Waals surface area contributed by atoms with E-state index in [-0.39, 0.29) is 29.6 Å². The number of carbonyl (C=O) groups is 2. The van der Waals surface area contributed by atoms with Gasteiger partial charge in [-0.05, 0) is 69.5 Å². The maximum absolute atomic E-state index is 14.1. The van der Waals surface area contributed by atoms with Crippen LogP contribution in [0, 0.1) is 13.8 Å². The lowest BCUT2D eigenvalue weighted by molar-refractivity contribution is -0.140. The predicted molar refractivity (Wildman–Crippen MR) is 161 cm³/mol. The summed E-state index contributed by atoms with van der Waals surface area (Å²) in [5, 5.41) is 2.89. The van der Waals surface area contributed by atoms with Crippen LogP contribution in [0.5, 0.6) is 0 Å². The van der Waals surface area contributed by atoms with Gasteiger partial charge in [-0.25, -0.2) is 8.42 Å². The summed E-state index contributed by atoms with van der Waals surface area (Å²) in [5.41, 5.74) is 1.04. The number of nitrogens with one attached hydrogen (secondary N) is 1. The van der Waals surface area contributed by atoms with Crippen molar-refractivity contribution in [3.8, 4) is 0 Å². The summed E-state index contributed by atoms with van der Waals surface area (Å²) >= 11 is 0. The van der Waals surface area contributed by atoms with Crippen molar-refractivity contribution < 1.29 is 31.2 Å². The van der Waals surface area contributed by atoms with Gasteiger partial charge in [0, 0.05) is 12.6 Å². The Morgan fingerprint density at radius 2 is 1.53 bits per heavy atom. The van der Waals surface area contributed by atoms with Gasteiger partial charge in [0.05, 0.1) is 16.1 Å². The van der Waals surface area contributed by atoms with Crippen molar-refractivity contribution in [2.24, 2.45) is 0 Å². The molecule has 2 atom stereocenters. The summed E-state index contributed by atoms with van der Waals surface area (Å²) in [4.78, 5) is 28.6. The van der Waals surface area contributed by atoms with E-state index < -0.39 is 46.2 Å². The van der Waals surface area contributed by atoms with Gasteiger partial charge in [-0.3, -0.25) is 13.9 Å². The zero-order valence-electron chi connectivity index (χ0n) is 25.0. The van der Waals surface area contributed by atoms with Gasteiger partial charge in [0.25, 0.3) is 10.0 Å². The molecule has 1 N–H and O–H groups in total. The van der Waals surface area contributed by atoms with E-state index in [2.05, 4.69) is 5.32 Å². The van der Waals surface area contributed by atoms with Crippen LogP contribution in [0.25, 0.3) is 0 Å². The Kier molecular flexibility index (Phi) is 11.0. The summed E-state index contributed by atoms with van der Waals surface area (Å²) in [6.07, 6.45) is -3.85. The fraction of sp³-hybridized carbons (Fsp3) is 0.375. The van der Waals surface area contributed by atoms with E-state index in [0.717, 1.165) is 28.8 Å². The van der Waals surface area contributed by atoms with E-state index >= 15 is 0 Å². The van der Waals surface area contributed by atoms with Crippen molar-refractivity contribution >= 4 is 27.5 Å². The summed E-state index contributed by atoms with van der Waals surface area (Å²) < 4.78 is 69.5. The molecular formula is C32H38F3N3O4S. The topological polar surface area (TPSA) is 86.8 Å². The average molecular weight is 618 g/mol. The quantitative estimate of drug-likeness (QED) is 0.261. The number of hydrogen-bond donors (Lipinski definition) is 1. The number of halogens is 3. The summed E-state index contributed by atoms with van der Waals surface area (Å²) in [6, 6.07) is 15.9. The highest BCUT2D eigenvalue weighted by atomic mass is 32.2. The average Bonchev–Trinajstić information content (AvgIpc) is 2.95. The van der Waals surface area contributed by atoms with Crippen LogP contribution >= 0.6 is 0 Å². The van der Waals surface area contributed by atoms with Gasteiger partial charge in [-0.2, -0.15) is 13.2 Å². The molecule has 0 aromatic heterocycles. The number of benzene rings is 3. The molecule has 0 spiro atoms. The molecule has 0 bridgehead atoms. The highest BCUT2D eigenvalue weighted by Crippen LogP contribution is 2.33. The van der Waals surface area contributed by atoms with Gasteiger partial charge >= 0.3 is 6.18 Å². The van der Waals surface area contributed by atoms with Crippen LogP contribution in [0.3, 0.4) is 0 Å². The lowest BCUT2D eigenvalue weighted by Gasteiger charge is -2.34. The largest absolute Gasteiger partial charge is 0.416 e. The number of aryl methyl sites for hydroxylation is 2. The normalized spacial score (nSPS) is 13.2. The van der Waals surface area contributed by atoms with Crippen molar-refractivity contribution in [2.75, 3.05) is 10.8 Å². The fourth-order valence-electron chi connectivity index (χ4n) is 4.57. The highest BCUT2D eigenvalue weighted by molar-refractivity contribution is 7.92. The van der Waals surface area contributed by atoms with Gasteiger partial charge < -0.3 is 10.2 Å². The fourth-order valence-corrected chi connectivity index (χ4v) is 5.98. The smallest absolute Gasteiger partial charge is 0.352 e. The third-order valence-corrected chi connectivity index (χ3v) is 8.96. The van der Waals surface area contributed by atoms with E-state index in [1.807, 2.05) is 39.0 Å². The maximum Gasteiger partial charge on any atom is 0.416 e. The first-order valence-corrected chi connectivity index (χ1v) is 15.5. The number of sulfonamides is 1. The van der Waals surface area contributed by atoms with E-state index in [9.17, 15) is 31.2 Å². The molecule has 0 aliphatic rings. The van der Waals surface area contributed by atoms with E-state index in [1.165, 1.54) is 23.1 Å². The van der Waals surface area contributed by atoms with Crippen molar-refractivity contribution in [2.45, 2.75) is 77.2 Å². The number of nitrogens with zero attached hydrogens (tertiary/aromatic N) is 2. The Morgan fingerprint density at radius 3 is 2.12 bits per heavy atom. The number of amides is 2. The van der Waals surface area contributed by atoms with Crippen LogP contribution < -0.4 is 9.62 Å². The monoisotopic (exact) mass is 617 g/mol. The molecule has 3 aromatic rings. The minimum atomic E-state index is -4.74. The predicted octanol–water partition coefficient (Wildman–Crippen LogP) is 6.24. The molecule has 3 rings (SSSR count). The van der Waals surface area contributed by atoms with Crippen LogP contribution in [0.4, 0.5) is 18.9 Å². The molecule has 0 aliphatic carbocycles. The van der Waals surface area contributed by atoms with Crippen LogP contribution in [0.1, 0.15) is 55.9 Å². The molecule has 0 fully saturated rings. The Labute approximate surface area is 251 Å². The maximum atomic E-state index is 14.1. The summed E-state index contributed by atoms with van der Waals surface area (Å²) in [5.74, 6) is -1.13. The van der Waals surface area contributed by atoms with Gasteiger partial charge in [-0.1, -0.05) is 67.4 Å². The molecule has 43 heavy (non-hydrogen) atoms. The lowest BCUT2D eigenvalue weighted by atomic mass is 10.1. The molecule has 0 heterocycles. The first-order chi connectivity index (χ1) is 20.2. The second-order valence-corrected chi connectivity index (χ2v) is 12.5. The third-order valence-electron chi connectivity index (χ3n) is 7.17. The molecule has 11 heteroatoms. The molecule has 7 nitrogen and oxygen atoms in total. The van der Waals surface area contributed by atoms with Gasteiger partial charge in [0.2, 0.25) is 11.8 Å².